The largest absolute Gasteiger partial charge is 0.378 e. The van der Waals surface area contributed by atoms with Crippen molar-refractivity contribution in [3.63, 3.8) is 0 Å². The van der Waals surface area contributed by atoms with Gasteiger partial charge in [0.15, 0.2) is 0 Å². The average molecular weight is 322 g/mol. The Bertz CT molecular complexity index is 686. The fraction of sp³-hybridized carbons (Fsp3) is 0.625. The lowest BCUT2D eigenvalue weighted by atomic mass is 9.78. The Balaban J connectivity index is 1.66. The number of anilines is 1. The van der Waals surface area contributed by atoms with Crippen LogP contribution in [0.2, 0.25) is 0 Å². The number of fused-ring (bicyclic) bond motifs is 1. The zero-order valence-electron chi connectivity index (χ0n) is 12.9. The second-order valence-corrected chi connectivity index (χ2v) is 8.89. The Morgan fingerprint density at radius 2 is 2.00 bits per heavy atom. The molecule has 120 valence electrons. The summed E-state index contributed by atoms with van der Waals surface area (Å²) in [5.41, 5.74) is 2.07. The van der Waals surface area contributed by atoms with E-state index in [4.69, 9.17) is 4.74 Å². The van der Waals surface area contributed by atoms with Crippen molar-refractivity contribution in [3.05, 3.63) is 29.8 Å². The molecule has 0 aliphatic carbocycles. The third kappa shape index (κ3) is 2.33. The number of sulfonamides is 1. The van der Waals surface area contributed by atoms with Gasteiger partial charge >= 0.3 is 0 Å². The van der Waals surface area contributed by atoms with Gasteiger partial charge in [0.05, 0.1) is 31.2 Å². The Hall–Kier alpha value is -1.11. The fourth-order valence-corrected chi connectivity index (χ4v) is 5.08. The van der Waals surface area contributed by atoms with E-state index in [1.165, 1.54) is 6.26 Å². The maximum Gasteiger partial charge on any atom is 0.232 e. The molecule has 5 nitrogen and oxygen atoms in total. The van der Waals surface area contributed by atoms with Crippen LogP contribution in [0.3, 0.4) is 0 Å². The van der Waals surface area contributed by atoms with E-state index in [1.807, 2.05) is 18.2 Å². The van der Waals surface area contributed by atoms with Gasteiger partial charge in [0.2, 0.25) is 10.0 Å². The maximum atomic E-state index is 12.3. The first-order chi connectivity index (χ1) is 10.5. The van der Waals surface area contributed by atoms with Gasteiger partial charge in [0.25, 0.3) is 0 Å². The first kappa shape index (κ1) is 14.5. The van der Waals surface area contributed by atoms with Crippen LogP contribution >= 0.6 is 0 Å². The molecule has 0 bridgehead atoms. The normalized spacial score (nSPS) is 29.6. The highest BCUT2D eigenvalue weighted by atomic mass is 32.2. The molecule has 3 heterocycles. The van der Waals surface area contributed by atoms with E-state index >= 15 is 0 Å². The number of hydrogen-bond acceptors (Lipinski definition) is 4. The molecule has 2 fully saturated rings. The number of benzene rings is 1. The van der Waals surface area contributed by atoms with Crippen LogP contribution < -0.4 is 4.31 Å². The summed E-state index contributed by atoms with van der Waals surface area (Å²) < 4.78 is 31.5. The highest BCUT2D eigenvalue weighted by Crippen LogP contribution is 2.44. The first-order valence-electron chi connectivity index (χ1n) is 7.84. The molecule has 0 radical (unpaired) electrons. The van der Waals surface area contributed by atoms with Crippen LogP contribution in [0.4, 0.5) is 5.69 Å². The van der Waals surface area contributed by atoms with Crippen LogP contribution in [0.5, 0.6) is 0 Å². The van der Waals surface area contributed by atoms with Gasteiger partial charge in [-0.15, -0.1) is 0 Å². The van der Waals surface area contributed by atoms with Crippen LogP contribution in [-0.4, -0.2) is 58.5 Å². The van der Waals surface area contributed by atoms with Crippen LogP contribution in [0.25, 0.3) is 0 Å². The predicted molar refractivity (Wildman–Crippen MR) is 85.6 cm³/mol. The van der Waals surface area contributed by atoms with Crippen molar-refractivity contribution in [3.8, 4) is 0 Å². The van der Waals surface area contributed by atoms with Crippen molar-refractivity contribution < 1.29 is 13.2 Å². The van der Waals surface area contributed by atoms with Crippen LogP contribution in [0.15, 0.2) is 24.3 Å². The summed E-state index contributed by atoms with van der Waals surface area (Å²) in [6.07, 6.45) is 3.35. The molecule has 6 heteroatoms. The Labute approximate surface area is 131 Å². The summed E-state index contributed by atoms with van der Waals surface area (Å²) in [6.45, 7) is 4.27. The second-order valence-electron chi connectivity index (χ2n) is 6.99. The van der Waals surface area contributed by atoms with Gasteiger partial charge in [0.1, 0.15) is 0 Å². The third-order valence-electron chi connectivity index (χ3n) is 5.31. The number of likely N-dealkylation sites (tertiary alicyclic amines) is 1. The molecule has 1 aromatic rings. The van der Waals surface area contributed by atoms with E-state index in [0.717, 1.165) is 50.4 Å². The van der Waals surface area contributed by atoms with Crippen molar-refractivity contribution in [2.75, 3.05) is 43.4 Å². The molecule has 3 aliphatic heterocycles. The van der Waals surface area contributed by atoms with Gasteiger partial charge in [0, 0.05) is 18.5 Å². The van der Waals surface area contributed by atoms with Crippen molar-refractivity contribution >= 4 is 15.7 Å². The van der Waals surface area contributed by atoms with E-state index < -0.39 is 10.0 Å². The third-order valence-corrected chi connectivity index (χ3v) is 6.44. The Kier molecular flexibility index (Phi) is 3.25. The molecule has 1 unspecified atom stereocenters. The standard InChI is InChI=1S/C16H22N2O3S/c1-22(19,20)18-12-16(8-13-4-2-3-5-15(13)18)6-7-17(11-16)14-9-21-10-14/h2-5,14H,6-12H2,1H3. The number of ether oxygens (including phenoxy) is 1. The zero-order valence-corrected chi connectivity index (χ0v) is 13.7. The minimum Gasteiger partial charge on any atom is -0.378 e. The number of hydrogen-bond donors (Lipinski definition) is 0. The number of para-hydroxylation sites is 1. The topological polar surface area (TPSA) is 49.9 Å². The molecule has 1 spiro atoms. The molecule has 0 N–H and O–H groups in total. The first-order valence-corrected chi connectivity index (χ1v) is 9.69. The van der Waals surface area contributed by atoms with Gasteiger partial charge in [-0.3, -0.25) is 9.21 Å². The van der Waals surface area contributed by atoms with Crippen LogP contribution in [0, 0.1) is 5.41 Å². The smallest absolute Gasteiger partial charge is 0.232 e. The summed E-state index contributed by atoms with van der Waals surface area (Å²) in [5.74, 6) is 0. The molecule has 2 saturated heterocycles. The number of rotatable bonds is 2. The lowest BCUT2D eigenvalue weighted by Gasteiger charge is -2.42. The van der Waals surface area contributed by atoms with Gasteiger partial charge < -0.3 is 4.74 Å². The molecule has 0 aromatic heterocycles. The summed E-state index contributed by atoms with van der Waals surface area (Å²) in [4.78, 5) is 2.48. The lowest BCUT2D eigenvalue weighted by Crippen LogP contribution is -2.51. The quantitative estimate of drug-likeness (QED) is 0.818. The van der Waals surface area contributed by atoms with E-state index in [0.29, 0.717) is 12.6 Å². The van der Waals surface area contributed by atoms with Gasteiger partial charge in [-0.05, 0) is 31.0 Å². The summed E-state index contributed by atoms with van der Waals surface area (Å²) >= 11 is 0. The predicted octanol–water partition coefficient (Wildman–Crippen LogP) is 1.10. The molecule has 1 aromatic carbocycles. The minimum absolute atomic E-state index is 0.0486. The Morgan fingerprint density at radius 3 is 2.68 bits per heavy atom. The van der Waals surface area contributed by atoms with Crippen molar-refractivity contribution in [2.24, 2.45) is 5.41 Å². The summed E-state index contributed by atoms with van der Waals surface area (Å²) in [6, 6.07) is 8.45. The van der Waals surface area contributed by atoms with Crippen LogP contribution in [-0.2, 0) is 21.2 Å². The monoisotopic (exact) mass is 322 g/mol. The molecular formula is C16H22N2O3S. The Morgan fingerprint density at radius 1 is 1.23 bits per heavy atom. The SMILES string of the molecule is CS(=O)(=O)N1CC2(CCN(C3COC3)C2)Cc2ccccc21. The van der Waals surface area contributed by atoms with Crippen LogP contribution in [0.1, 0.15) is 12.0 Å². The molecule has 1 atom stereocenters. The van der Waals surface area contributed by atoms with Crippen molar-refractivity contribution in [2.45, 2.75) is 18.9 Å². The molecule has 3 aliphatic rings. The van der Waals surface area contributed by atoms with Crippen molar-refractivity contribution in [1.82, 2.24) is 4.90 Å². The summed E-state index contributed by atoms with van der Waals surface area (Å²) in [5, 5.41) is 0. The second kappa shape index (κ2) is 4.94. The van der Waals surface area contributed by atoms with E-state index in [1.54, 1.807) is 4.31 Å². The molecular weight excluding hydrogens is 300 g/mol. The molecule has 0 saturated carbocycles. The molecule has 22 heavy (non-hydrogen) atoms. The highest BCUT2D eigenvalue weighted by molar-refractivity contribution is 7.92. The maximum absolute atomic E-state index is 12.3. The minimum atomic E-state index is -3.24. The fourth-order valence-electron chi connectivity index (χ4n) is 4.04. The van der Waals surface area contributed by atoms with E-state index in [9.17, 15) is 8.42 Å². The van der Waals surface area contributed by atoms with E-state index in [-0.39, 0.29) is 5.41 Å². The van der Waals surface area contributed by atoms with Crippen molar-refractivity contribution in [1.29, 1.82) is 0 Å². The van der Waals surface area contributed by atoms with E-state index in [2.05, 4.69) is 11.0 Å². The van der Waals surface area contributed by atoms with Gasteiger partial charge in [-0.25, -0.2) is 8.42 Å². The highest BCUT2D eigenvalue weighted by Gasteiger charge is 2.47. The zero-order chi connectivity index (χ0) is 15.4. The molecule has 0 amide bonds. The van der Waals surface area contributed by atoms with Gasteiger partial charge in [-0.2, -0.15) is 0 Å². The lowest BCUT2D eigenvalue weighted by molar-refractivity contribution is -0.0600. The number of nitrogens with zero attached hydrogens (tertiary/aromatic N) is 2. The molecule has 4 rings (SSSR count). The average Bonchev–Trinajstić information content (AvgIpc) is 2.78. The van der Waals surface area contributed by atoms with Gasteiger partial charge in [-0.1, -0.05) is 18.2 Å². The summed E-state index contributed by atoms with van der Waals surface area (Å²) in [7, 11) is -3.24.